The van der Waals surface area contributed by atoms with Gasteiger partial charge in [0.1, 0.15) is 16.9 Å². The number of ketones is 2. The Kier molecular flexibility index (Phi) is 3.24. The van der Waals surface area contributed by atoms with Crippen LogP contribution >= 0.6 is 0 Å². The van der Waals surface area contributed by atoms with Crippen molar-refractivity contribution in [2.45, 2.75) is 12.3 Å². The molecule has 1 amide bonds. The molecule has 0 saturated heterocycles. The fourth-order valence-electron chi connectivity index (χ4n) is 4.85. The van der Waals surface area contributed by atoms with Gasteiger partial charge in [0, 0.05) is 28.1 Å². The van der Waals surface area contributed by atoms with E-state index in [0.717, 1.165) is 0 Å². The van der Waals surface area contributed by atoms with Crippen molar-refractivity contribution in [3.05, 3.63) is 76.0 Å². The van der Waals surface area contributed by atoms with Crippen molar-refractivity contribution in [1.82, 2.24) is 10.2 Å². The molecular weight excluding hydrogens is 398 g/mol. The van der Waals surface area contributed by atoms with Crippen molar-refractivity contribution in [1.29, 1.82) is 0 Å². The van der Waals surface area contributed by atoms with Crippen LogP contribution in [0, 0.1) is 6.92 Å². The third-order valence-corrected chi connectivity index (χ3v) is 6.16. The Morgan fingerprint density at radius 1 is 1.03 bits per heavy atom. The van der Waals surface area contributed by atoms with Gasteiger partial charge in [0.15, 0.2) is 0 Å². The molecule has 1 spiro atoms. The van der Waals surface area contributed by atoms with Crippen molar-refractivity contribution >= 4 is 28.9 Å². The highest BCUT2D eigenvalue weighted by Gasteiger charge is 2.61. The van der Waals surface area contributed by atoms with Crippen LogP contribution in [0.3, 0.4) is 0 Å². The number of nitrogens with one attached hydrogen (secondary N) is 2. The molecule has 8 heteroatoms. The third-order valence-electron chi connectivity index (χ3n) is 6.16. The van der Waals surface area contributed by atoms with Crippen molar-refractivity contribution in [3.63, 3.8) is 0 Å². The lowest BCUT2D eigenvalue weighted by Crippen LogP contribution is -2.47. The van der Waals surface area contributed by atoms with E-state index >= 15 is 0 Å². The summed E-state index contributed by atoms with van der Waals surface area (Å²) in [4.78, 5) is 40.3. The quantitative estimate of drug-likeness (QED) is 0.593. The highest BCUT2D eigenvalue weighted by atomic mass is 16.5. The molecule has 0 fully saturated rings. The molecule has 3 heterocycles. The van der Waals surface area contributed by atoms with E-state index in [1.807, 2.05) is 0 Å². The molecule has 0 radical (unpaired) electrons. The summed E-state index contributed by atoms with van der Waals surface area (Å²) in [5, 5.41) is 9.98. The Balaban J connectivity index is 1.80. The molecule has 1 unspecified atom stereocenters. The zero-order valence-electron chi connectivity index (χ0n) is 16.5. The molecule has 3 aromatic rings. The van der Waals surface area contributed by atoms with Gasteiger partial charge in [-0.2, -0.15) is 0 Å². The number of aromatic nitrogens is 2. The summed E-state index contributed by atoms with van der Waals surface area (Å²) in [5.74, 6) is -1.01. The number of carbonyl (C=O) groups is 3. The minimum absolute atomic E-state index is 0.00213. The number of hydrogen-bond donors (Lipinski definition) is 2. The number of rotatable bonds is 1. The van der Waals surface area contributed by atoms with E-state index in [4.69, 9.17) is 9.47 Å². The lowest BCUT2D eigenvalue weighted by molar-refractivity contribution is -0.121. The second-order valence-corrected chi connectivity index (χ2v) is 7.65. The second kappa shape index (κ2) is 5.69. The number of anilines is 1. The monoisotopic (exact) mass is 413 g/mol. The second-order valence-electron chi connectivity index (χ2n) is 7.65. The topological polar surface area (TPSA) is 110 Å². The minimum atomic E-state index is -1.59. The van der Waals surface area contributed by atoms with Crippen LogP contribution in [-0.2, 0) is 15.0 Å². The van der Waals surface area contributed by atoms with Gasteiger partial charge in [-0.15, -0.1) is 5.10 Å². The Bertz CT molecular complexity index is 1400. The molecule has 0 bridgehead atoms. The van der Waals surface area contributed by atoms with Crippen LogP contribution in [0.2, 0.25) is 0 Å². The van der Waals surface area contributed by atoms with Crippen molar-refractivity contribution in [2.24, 2.45) is 0 Å². The number of fused-ring (bicyclic) bond motifs is 7. The van der Waals surface area contributed by atoms with E-state index in [1.54, 1.807) is 49.4 Å². The third kappa shape index (κ3) is 1.94. The van der Waals surface area contributed by atoms with Gasteiger partial charge in [0.2, 0.25) is 23.4 Å². The maximum Gasteiger partial charge on any atom is 0.244 e. The van der Waals surface area contributed by atoms with Gasteiger partial charge < -0.3 is 14.8 Å². The first-order valence-corrected chi connectivity index (χ1v) is 9.65. The first-order valence-electron chi connectivity index (χ1n) is 9.65. The lowest BCUT2D eigenvalue weighted by atomic mass is 9.64. The van der Waals surface area contributed by atoms with Gasteiger partial charge in [0.05, 0.1) is 18.2 Å². The number of benzene rings is 2. The number of methoxy groups -OCH3 is 1. The van der Waals surface area contributed by atoms with E-state index in [2.05, 4.69) is 15.5 Å². The zero-order valence-corrected chi connectivity index (χ0v) is 16.5. The van der Waals surface area contributed by atoms with E-state index < -0.39 is 22.9 Å². The largest absolute Gasteiger partial charge is 0.497 e. The summed E-state index contributed by atoms with van der Waals surface area (Å²) < 4.78 is 11.4. The minimum Gasteiger partial charge on any atom is -0.497 e. The first-order chi connectivity index (χ1) is 15.0. The van der Waals surface area contributed by atoms with E-state index in [-0.39, 0.29) is 22.8 Å². The van der Waals surface area contributed by atoms with Crippen LogP contribution in [0.4, 0.5) is 5.69 Å². The lowest BCUT2D eigenvalue weighted by Gasteiger charge is -2.37. The maximum atomic E-state index is 13.7. The van der Waals surface area contributed by atoms with Crippen LogP contribution in [0.5, 0.6) is 11.6 Å². The van der Waals surface area contributed by atoms with Crippen LogP contribution in [0.1, 0.15) is 32.7 Å². The molecule has 0 saturated carbocycles. The molecule has 3 aliphatic rings. The van der Waals surface area contributed by atoms with Gasteiger partial charge >= 0.3 is 0 Å². The molecule has 8 nitrogen and oxygen atoms in total. The number of Topliss-reactive ketones (excluding diaryl/α,β-unsaturated/α-hetero) is 2. The molecule has 2 aliphatic heterocycles. The summed E-state index contributed by atoms with van der Waals surface area (Å²) in [7, 11) is 1.52. The summed E-state index contributed by atoms with van der Waals surface area (Å²) >= 11 is 0. The Hall–Kier alpha value is -4.20. The average Bonchev–Trinajstić information content (AvgIpc) is 3.29. The molecular formula is C23H15N3O5. The number of carbonyl (C=O) groups excluding carboxylic acids is 3. The van der Waals surface area contributed by atoms with Gasteiger partial charge in [-0.05, 0) is 25.1 Å². The number of hydrogen-bond acceptors (Lipinski definition) is 6. The predicted molar refractivity (Wildman–Crippen MR) is 109 cm³/mol. The van der Waals surface area contributed by atoms with Crippen molar-refractivity contribution in [3.8, 4) is 11.6 Å². The summed E-state index contributed by atoms with van der Waals surface area (Å²) in [6.45, 7) is 1.75. The molecule has 6 rings (SSSR count). The number of aromatic amines is 1. The number of H-pyrrole nitrogens is 1. The standard InChI is InChI=1S/C23H15N3O5/c1-10-16-21(26-25-10)31-20-13-6-4-3-5-12(13)18(27)19(28)17(20)23(16)14-9-11(30-2)7-8-15(14)24-22(23)29/h3-9H,1-2H3,(H,24,29)(H,25,26). The van der Waals surface area contributed by atoms with Gasteiger partial charge in [-0.3, -0.25) is 19.5 Å². The van der Waals surface area contributed by atoms with Gasteiger partial charge in [-0.1, -0.05) is 24.3 Å². The highest BCUT2D eigenvalue weighted by Crippen LogP contribution is 2.57. The number of nitrogens with zero attached hydrogens (tertiary/aromatic N) is 1. The van der Waals surface area contributed by atoms with E-state index in [1.165, 1.54) is 7.11 Å². The highest BCUT2D eigenvalue weighted by molar-refractivity contribution is 6.54. The van der Waals surface area contributed by atoms with Crippen LogP contribution in [0.25, 0.3) is 5.76 Å². The molecule has 152 valence electrons. The SMILES string of the molecule is COc1ccc2c(c1)C1(C(=O)N2)C2=C(Oc3n[nH]c(C)c31)c1ccccc1C(=O)C2=O. The molecule has 1 atom stereocenters. The van der Waals surface area contributed by atoms with E-state index in [0.29, 0.717) is 33.8 Å². The summed E-state index contributed by atoms with van der Waals surface area (Å²) in [5.41, 5.74) is 1.12. The Labute approximate surface area is 175 Å². The van der Waals surface area contributed by atoms with Crippen LogP contribution in [0.15, 0.2) is 48.0 Å². The molecule has 31 heavy (non-hydrogen) atoms. The van der Waals surface area contributed by atoms with Gasteiger partial charge in [0.25, 0.3) is 0 Å². The number of ether oxygens (including phenoxy) is 2. The predicted octanol–water partition coefficient (Wildman–Crippen LogP) is 2.53. The fourth-order valence-corrected chi connectivity index (χ4v) is 4.85. The zero-order chi connectivity index (χ0) is 21.5. The Morgan fingerprint density at radius 2 is 1.81 bits per heavy atom. The summed E-state index contributed by atoms with van der Waals surface area (Å²) in [6, 6.07) is 11.9. The van der Waals surface area contributed by atoms with E-state index in [9.17, 15) is 14.4 Å². The normalized spacial score (nSPS) is 20.6. The van der Waals surface area contributed by atoms with Crippen molar-refractivity contribution < 1.29 is 23.9 Å². The molecule has 2 N–H and O–H groups in total. The average molecular weight is 413 g/mol. The smallest absolute Gasteiger partial charge is 0.244 e. The van der Waals surface area contributed by atoms with Crippen LogP contribution < -0.4 is 14.8 Å². The Morgan fingerprint density at radius 3 is 2.58 bits per heavy atom. The molecule has 1 aromatic heterocycles. The number of amides is 1. The maximum absolute atomic E-state index is 13.7. The molecule has 2 aromatic carbocycles. The first kappa shape index (κ1) is 17.6. The van der Waals surface area contributed by atoms with Crippen LogP contribution in [-0.4, -0.2) is 34.8 Å². The fraction of sp³-hybridized carbons (Fsp3) is 0.130. The van der Waals surface area contributed by atoms with Gasteiger partial charge in [-0.25, -0.2) is 0 Å². The molecule has 1 aliphatic carbocycles. The van der Waals surface area contributed by atoms with Crippen molar-refractivity contribution in [2.75, 3.05) is 12.4 Å². The summed E-state index contributed by atoms with van der Waals surface area (Å²) in [6.07, 6.45) is 0. The number of aryl methyl sites for hydroxylation is 1.